The number of carbonyl (C=O) groups excluding carboxylic acids is 2. The van der Waals surface area contributed by atoms with E-state index in [0.717, 1.165) is 16.8 Å². The van der Waals surface area contributed by atoms with E-state index in [4.69, 9.17) is 0 Å². The Hall–Kier alpha value is -3.54. The van der Waals surface area contributed by atoms with Crippen molar-refractivity contribution in [3.63, 3.8) is 0 Å². The first kappa shape index (κ1) is 17.3. The Morgan fingerprint density at radius 1 is 0.769 bits per heavy atom. The van der Waals surface area contributed by atoms with Crippen LogP contribution in [-0.2, 0) is 0 Å². The molecule has 2 amide bonds. The summed E-state index contributed by atoms with van der Waals surface area (Å²) in [6.07, 6.45) is 0. The summed E-state index contributed by atoms with van der Waals surface area (Å²) in [6, 6.07) is 16.8. The number of benzene rings is 3. The molecule has 0 saturated heterocycles. The molecular weight excluding hydrogens is 332 g/mol. The van der Waals surface area contributed by atoms with Crippen LogP contribution in [0.25, 0.3) is 10.8 Å². The molecule has 3 aromatic rings. The molecule has 0 saturated carbocycles. The van der Waals surface area contributed by atoms with Gasteiger partial charge in [-0.05, 0) is 29.0 Å². The van der Waals surface area contributed by atoms with Crippen LogP contribution >= 0.6 is 0 Å². The van der Waals surface area contributed by atoms with Crippen molar-refractivity contribution in [2.75, 3.05) is 13.1 Å². The number of rotatable bonds is 5. The predicted octanol–water partition coefficient (Wildman–Crippen LogP) is 2.41. The summed E-state index contributed by atoms with van der Waals surface area (Å²) in [4.78, 5) is 24.4. The SMILES string of the molecule is O=C(NCCNC(=O)c1cccc2ccccc12)c1cc(O)cc(O)c1. The van der Waals surface area contributed by atoms with Gasteiger partial charge in [0.1, 0.15) is 11.5 Å². The number of phenols is 2. The zero-order valence-electron chi connectivity index (χ0n) is 13.9. The third kappa shape index (κ3) is 3.92. The van der Waals surface area contributed by atoms with Crippen LogP contribution in [0, 0.1) is 0 Å². The molecule has 0 aromatic heterocycles. The summed E-state index contributed by atoms with van der Waals surface area (Å²) < 4.78 is 0. The lowest BCUT2D eigenvalue weighted by atomic mass is 10.0. The third-order valence-corrected chi connectivity index (χ3v) is 3.90. The van der Waals surface area contributed by atoms with Crippen molar-refractivity contribution in [3.8, 4) is 11.5 Å². The van der Waals surface area contributed by atoms with Crippen molar-refractivity contribution in [1.29, 1.82) is 0 Å². The predicted molar refractivity (Wildman–Crippen MR) is 98.4 cm³/mol. The minimum atomic E-state index is -0.449. The van der Waals surface area contributed by atoms with Gasteiger partial charge in [-0.2, -0.15) is 0 Å². The van der Waals surface area contributed by atoms with Crippen LogP contribution in [-0.4, -0.2) is 35.1 Å². The Balaban J connectivity index is 1.56. The Kier molecular flexibility index (Phi) is 5.03. The highest BCUT2D eigenvalue weighted by Gasteiger charge is 2.10. The van der Waals surface area contributed by atoms with Crippen molar-refractivity contribution < 1.29 is 19.8 Å². The zero-order chi connectivity index (χ0) is 18.5. The second-order valence-electron chi connectivity index (χ2n) is 5.78. The van der Waals surface area contributed by atoms with Crippen LogP contribution < -0.4 is 10.6 Å². The zero-order valence-corrected chi connectivity index (χ0v) is 13.9. The molecule has 132 valence electrons. The number of fused-ring (bicyclic) bond motifs is 1. The van der Waals surface area contributed by atoms with Crippen LogP contribution in [0.1, 0.15) is 20.7 Å². The first-order valence-corrected chi connectivity index (χ1v) is 8.12. The van der Waals surface area contributed by atoms with E-state index >= 15 is 0 Å². The highest BCUT2D eigenvalue weighted by molar-refractivity contribution is 6.07. The molecule has 3 aromatic carbocycles. The smallest absolute Gasteiger partial charge is 0.251 e. The monoisotopic (exact) mass is 350 g/mol. The van der Waals surface area contributed by atoms with E-state index in [0.29, 0.717) is 5.56 Å². The Bertz CT molecular complexity index is 943. The van der Waals surface area contributed by atoms with Crippen molar-refractivity contribution >= 4 is 22.6 Å². The first-order valence-electron chi connectivity index (χ1n) is 8.12. The molecule has 0 bridgehead atoms. The molecule has 26 heavy (non-hydrogen) atoms. The van der Waals surface area contributed by atoms with E-state index in [9.17, 15) is 19.8 Å². The van der Waals surface area contributed by atoms with Gasteiger partial charge in [0.25, 0.3) is 11.8 Å². The van der Waals surface area contributed by atoms with Crippen LogP contribution in [0.2, 0.25) is 0 Å². The van der Waals surface area contributed by atoms with Gasteiger partial charge in [-0.1, -0.05) is 36.4 Å². The van der Waals surface area contributed by atoms with E-state index in [1.54, 1.807) is 6.07 Å². The van der Waals surface area contributed by atoms with E-state index < -0.39 is 5.91 Å². The average Bonchev–Trinajstić information content (AvgIpc) is 2.63. The highest BCUT2D eigenvalue weighted by atomic mass is 16.3. The van der Waals surface area contributed by atoms with Gasteiger partial charge in [0, 0.05) is 30.3 Å². The lowest BCUT2D eigenvalue weighted by Crippen LogP contribution is -2.34. The lowest BCUT2D eigenvalue weighted by molar-refractivity contribution is 0.0928. The summed E-state index contributed by atoms with van der Waals surface area (Å²) >= 11 is 0. The van der Waals surface area contributed by atoms with Gasteiger partial charge >= 0.3 is 0 Å². The second-order valence-corrected chi connectivity index (χ2v) is 5.78. The maximum absolute atomic E-state index is 12.4. The molecular formula is C20H18N2O4. The molecule has 4 N–H and O–H groups in total. The number of aromatic hydroxyl groups is 2. The normalized spacial score (nSPS) is 10.5. The molecule has 0 atom stereocenters. The Labute approximate surface area is 150 Å². The maximum atomic E-state index is 12.4. The molecule has 6 nitrogen and oxygen atoms in total. The van der Waals surface area contributed by atoms with Gasteiger partial charge in [0.2, 0.25) is 0 Å². The minimum Gasteiger partial charge on any atom is -0.508 e. The van der Waals surface area contributed by atoms with Crippen LogP contribution in [0.5, 0.6) is 11.5 Å². The van der Waals surface area contributed by atoms with Crippen LogP contribution in [0.3, 0.4) is 0 Å². The molecule has 6 heteroatoms. The summed E-state index contributed by atoms with van der Waals surface area (Å²) in [6.45, 7) is 0.463. The number of nitrogens with one attached hydrogen (secondary N) is 2. The summed E-state index contributed by atoms with van der Waals surface area (Å²) in [5.41, 5.74) is 0.718. The largest absolute Gasteiger partial charge is 0.508 e. The quantitative estimate of drug-likeness (QED) is 0.531. The van der Waals surface area contributed by atoms with Crippen LogP contribution in [0.4, 0.5) is 0 Å². The summed E-state index contributed by atoms with van der Waals surface area (Å²) in [5, 5.41) is 26.0. The number of carbonyl (C=O) groups is 2. The van der Waals surface area contributed by atoms with E-state index in [2.05, 4.69) is 10.6 Å². The lowest BCUT2D eigenvalue weighted by Gasteiger charge is -2.09. The van der Waals surface area contributed by atoms with Crippen LogP contribution in [0.15, 0.2) is 60.7 Å². The van der Waals surface area contributed by atoms with Gasteiger partial charge in [0.05, 0.1) is 0 Å². The molecule has 0 aliphatic heterocycles. The van der Waals surface area contributed by atoms with E-state index in [-0.39, 0.29) is 36.1 Å². The first-order chi connectivity index (χ1) is 12.5. The maximum Gasteiger partial charge on any atom is 0.251 e. The van der Waals surface area contributed by atoms with Gasteiger partial charge in [-0.25, -0.2) is 0 Å². The van der Waals surface area contributed by atoms with Gasteiger partial charge in [-0.3, -0.25) is 9.59 Å². The molecule has 0 radical (unpaired) electrons. The topological polar surface area (TPSA) is 98.7 Å². The van der Waals surface area contributed by atoms with Crippen molar-refractivity contribution in [1.82, 2.24) is 10.6 Å². The number of hydrogen-bond acceptors (Lipinski definition) is 4. The molecule has 0 aliphatic rings. The number of amides is 2. The molecule has 0 unspecified atom stereocenters. The summed E-state index contributed by atoms with van der Waals surface area (Å²) in [7, 11) is 0. The van der Waals surface area contributed by atoms with Crippen molar-refractivity contribution in [3.05, 3.63) is 71.8 Å². The fraction of sp³-hybridized carbons (Fsp3) is 0.100. The average molecular weight is 350 g/mol. The van der Waals surface area contributed by atoms with Gasteiger partial charge < -0.3 is 20.8 Å². The van der Waals surface area contributed by atoms with E-state index in [1.807, 2.05) is 36.4 Å². The van der Waals surface area contributed by atoms with E-state index in [1.165, 1.54) is 12.1 Å². The fourth-order valence-electron chi connectivity index (χ4n) is 2.70. The molecule has 0 heterocycles. The second kappa shape index (κ2) is 7.57. The van der Waals surface area contributed by atoms with Crippen molar-refractivity contribution in [2.45, 2.75) is 0 Å². The molecule has 0 fully saturated rings. The fourth-order valence-corrected chi connectivity index (χ4v) is 2.70. The molecule has 0 aliphatic carbocycles. The Morgan fingerprint density at radius 3 is 2.12 bits per heavy atom. The number of phenolic OH excluding ortho intramolecular Hbond substituents is 2. The minimum absolute atomic E-state index is 0.142. The van der Waals surface area contributed by atoms with Gasteiger partial charge in [0.15, 0.2) is 0 Å². The molecule has 3 rings (SSSR count). The van der Waals surface area contributed by atoms with Gasteiger partial charge in [-0.15, -0.1) is 0 Å². The number of hydrogen-bond donors (Lipinski definition) is 4. The standard InChI is InChI=1S/C20H18N2O4/c23-15-10-14(11-16(24)12-15)19(25)21-8-9-22-20(26)18-7-3-5-13-4-1-2-6-17(13)18/h1-7,10-12,23-24H,8-9H2,(H,21,25)(H,22,26). The summed E-state index contributed by atoms with van der Waals surface area (Å²) in [5.74, 6) is -1.06. The Morgan fingerprint density at radius 2 is 1.38 bits per heavy atom. The molecule has 0 spiro atoms. The third-order valence-electron chi connectivity index (χ3n) is 3.90. The highest BCUT2D eigenvalue weighted by Crippen LogP contribution is 2.20. The van der Waals surface area contributed by atoms with Crippen molar-refractivity contribution in [2.24, 2.45) is 0 Å².